The Morgan fingerprint density at radius 1 is 1.20 bits per heavy atom. The van der Waals surface area contributed by atoms with Crippen LogP contribution in [0.15, 0.2) is 24.3 Å². The van der Waals surface area contributed by atoms with Crippen LogP contribution in [0.5, 0.6) is 0 Å². The topological polar surface area (TPSA) is 32.5 Å². The number of rotatable bonds is 3. The largest absolute Gasteiger partial charge is 0.367 e. The fraction of sp³-hybridized carbons (Fsp3) is 0.625. The number of nitrogens with two attached hydrogens (primary N) is 1. The number of para-hydroxylation sites is 1. The van der Waals surface area contributed by atoms with Gasteiger partial charge in [0.2, 0.25) is 0 Å². The molecule has 1 aliphatic carbocycles. The second-order valence-corrected chi connectivity index (χ2v) is 6.37. The van der Waals surface area contributed by atoms with E-state index in [-0.39, 0.29) is 11.4 Å². The van der Waals surface area contributed by atoms with Crippen LogP contribution < -0.4 is 10.6 Å². The van der Waals surface area contributed by atoms with Crippen LogP contribution in [0.25, 0.3) is 0 Å². The lowest BCUT2D eigenvalue weighted by molar-refractivity contribution is -0.0159. The highest BCUT2D eigenvalue weighted by Gasteiger charge is 2.46. The summed E-state index contributed by atoms with van der Waals surface area (Å²) < 4.78 is 13.8. The molecule has 2 fully saturated rings. The van der Waals surface area contributed by atoms with E-state index in [0.29, 0.717) is 0 Å². The monoisotopic (exact) mass is 277 g/mol. The van der Waals surface area contributed by atoms with Crippen molar-refractivity contribution in [3.63, 3.8) is 0 Å². The lowest BCUT2D eigenvalue weighted by atomic mass is 9.68. The van der Waals surface area contributed by atoms with Gasteiger partial charge in [0.1, 0.15) is 5.82 Å². The number of hydrogen-bond acceptors (Lipinski definition) is 3. The predicted molar refractivity (Wildman–Crippen MR) is 80.4 cm³/mol. The molecule has 2 N–H and O–H groups in total. The summed E-state index contributed by atoms with van der Waals surface area (Å²) >= 11 is 0. The van der Waals surface area contributed by atoms with Crippen molar-refractivity contribution in [3.8, 4) is 0 Å². The van der Waals surface area contributed by atoms with E-state index in [0.717, 1.165) is 44.3 Å². The Labute approximate surface area is 120 Å². The van der Waals surface area contributed by atoms with Crippen molar-refractivity contribution in [1.29, 1.82) is 0 Å². The van der Waals surface area contributed by atoms with Gasteiger partial charge in [-0.05, 0) is 30.9 Å². The zero-order chi connectivity index (χ0) is 14.2. The van der Waals surface area contributed by atoms with Crippen molar-refractivity contribution in [2.24, 2.45) is 11.7 Å². The molecule has 0 aromatic heterocycles. The van der Waals surface area contributed by atoms with Crippen molar-refractivity contribution in [1.82, 2.24) is 4.90 Å². The molecule has 4 heteroatoms. The maximum absolute atomic E-state index is 13.8. The summed E-state index contributed by atoms with van der Waals surface area (Å²) in [5.41, 5.74) is 6.97. The van der Waals surface area contributed by atoms with Gasteiger partial charge in [-0.1, -0.05) is 19.1 Å². The Bertz CT molecular complexity index is 463. The number of benzene rings is 1. The highest BCUT2D eigenvalue weighted by molar-refractivity contribution is 5.48. The van der Waals surface area contributed by atoms with E-state index in [1.54, 1.807) is 6.07 Å². The summed E-state index contributed by atoms with van der Waals surface area (Å²) in [5.74, 6) is 0.676. The highest BCUT2D eigenvalue weighted by Crippen LogP contribution is 2.42. The maximum Gasteiger partial charge on any atom is 0.146 e. The molecular formula is C16H24FN3. The van der Waals surface area contributed by atoms with E-state index in [4.69, 9.17) is 5.73 Å². The average molecular weight is 277 g/mol. The van der Waals surface area contributed by atoms with Gasteiger partial charge in [0, 0.05) is 38.3 Å². The molecule has 110 valence electrons. The lowest BCUT2D eigenvalue weighted by Crippen LogP contribution is -2.65. The van der Waals surface area contributed by atoms with Crippen LogP contribution in [-0.4, -0.2) is 43.2 Å². The van der Waals surface area contributed by atoms with Crippen molar-refractivity contribution < 1.29 is 4.39 Å². The molecule has 2 aliphatic rings. The third-order valence-electron chi connectivity index (χ3n) is 4.98. The molecule has 1 aliphatic heterocycles. The third kappa shape index (κ3) is 2.31. The molecule has 0 spiro atoms. The molecule has 0 radical (unpaired) electrons. The molecule has 1 heterocycles. The summed E-state index contributed by atoms with van der Waals surface area (Å²) in [5, 5.41) is 0. The van der Waals surface area contributed by atoms with Gasteiger partial charge in [-0.3, -0.25) is 4.90 Å². The van der Waals surface area contributed by atoms with Gasteiger partial charge < -0.3 is 10.6 Å². The molecule has 0 atom stereocenters. The summed E-state index contributed by atoms with van der Waals surface area (Å²) in [6.07, 6.45) is 2.42. The Hall–Kier alpha value is -1.13. The molecule has 1 aromatic carbocycles. The van der Waals surface area contributed by atoms with Crippen molar-refractivity contribution in [2.45, 2.75) is 25.3 Å². The van der Waals surface area contributed by atoms with Gasteiger partial charge >= 0.3 is 0 Å². The minimum absolute atomic E-state index is 0.119. The van der Waals surface area contributed by atoms with Crippen LogP contribution >= 0.6 is 0 Å². The molecule has 1 saturated carbocycles. The molecule has 3 nitrogen and oxygen atoms in total. The quantitative estimate of drug-likeness (QED) is 0.918. The van der Waals surface area contributed by atoms with E-state index in [9.17, 15) is 4.39 Å². The third-order valence-corrected chi connectivity index (χ3v) is 4.98. The molecule has 20 heavy (non-hydrogen) atoms. The lowest BCUT2D eigenvalue weighted by Gasteiger charge is -2.55. The number of nitrogens with zero attached hydrogens (tertiary/aromatic N) is 2. The predicted octanol–water partition coefficient (Wildman–Crippen LogP) is 2.08. The van der Waals surface area contributed by atoms with E-state index in [1.807, 2.05) is 12.1 Å². The van der Waals surface area contributed by atoms with Gasteiger partial charge in [-0.15, -0.1) is 0 Å². The minimum Gasteiger partial charge on any atom is -0.367 e. The van der Waals surface area contributed by atoms with E-state index < -0.39 is 0 Å². The zero-order valence-electron chi connectivity index (χ0n) is 12.2. The summed E-state index contributed by atoms with van der Waals surface area (Å²) in [6, 6.07) is 7.06. The van der Waals surface area contributed by atoms with Gasteiger partial charge in [0.25, 0.3) is 0 Å². The van der Waals surface area contributed by atoms with Crippen LogP contribution in [0, 0.1) is 11.7 Å². The Kier molecular flexibility index (Phi) is 3.69. The SMILES string of the molecule is CC1CC(CN)(N2CCN(c3ccccc3F)CC2)C1. The highest BCUT2D eigenvalue weighted by atomic mass is 19.1. The van der Waals surface area contributed by atoms with Crippen LogP contribution in [0.2, 0.25) is 0 Å². The molecule has 0 bridgehead atoms. The van der Waals surface area contributed by atoms with Gasteiger partial charge in [0.05, 0.1) is 5.69 Å². The van der Waals surface area contributed by atoms with Crippen LogP contribution in [0.4, 0.5) is 10.1 Å². The number of halogens is 1. The van der Waals surface area contributed by atoms with Crippen molar-refractivity contribution in [3.05, 3.63) is 30.1 Å². The Morgan fingerprint density at radius 2 is 1.85 bits per heavy atom. The first kappa shape index (κ1) is 13.8. The Balaban J connectivity index is 1.64. The maximum atomic E-state index is 13.8. The van der Waals surface area contributed by atoms with Gasteiger partial charge in [-0.25, -0.2) is 4.39 Å². The molecule has 3 rings (SSSR count). The molecule has 1 aromatic rings. The first-order valence-electron chi connectivity index (χ1n) is 7.59. The fourth-order valence-electron chi connectivity index (χ4n) is 3.92. The minimum atomic E-state index is -0.119. The second kappa shape index (κ2) is 5.34. The van der Waals surface area contributed by atoms with Crippen molar-refractivity contribution in [2.75, 3.05) is 37.6 Å². The fourth-order valence-corrected chi connectivity index (χ4v) is 3.92. The van der Waals surface area contributed by atoms with Crippen LogP contribution in [-0.2, 0) is 0 Å². The zero-order valence-corrected chi connectivity index (χ0v) is 12.2. The standard InChI is InChI=1S/C16H24FN3/c1-13-10-16(11-13,12-18)20-8-6-19(7-9-20)15-5-3-2-4-14(15)17/h2-5,13H,6-12,18H2,1H3. The molecule has 0 unspecified atom stereocenters. The van der Waals surface area contributed by atoms with Gasteiger partial charge in [-0.2, -0.15) is 0 Å². The number of anilines is 1. The number of piperazine rings is 1. The second-order valence-electron chi connectivity index (χ2n) is 6.37. The summed E-state index contributed by atoms with van der Waals surface area (Å²) in [7, 11) is 0. The number of hydrogen-bond donors (Lipinski definition) is 1. The normalized spacial score (nSPS) is 31.1. The average Bonchev–Trinajstić information content (AvgIpc) is 2.44. The van der Waals surface area contributed by atoms with Crippen molar-refractivity contribution >= 4 is 5.69 Å². The Morgan fingerprint density at radius 3 is 2.40 bits per heavy atom. The summed E-state index contributed by atoms with van der Waals surface area (Å²) in [4.78, 5) is 4.68. The van der Waals surface area contributed by atoms with E-state index >= 15 is 0 Å². The smallest absolute Gasteiger partial charge is 0.146 e. The first-order chi connectivity index (χ1) is 9.64. The first-order valence-corrected chi connectivity index (χ1v) is 7.59. The van der Waals surface area contributed by atoms with E-state index in [2.05, 4.69) is 16.7 Å². The molecule has 1 saturated heterocycles. The summed E-state index contributed by atoms with van der Waals surface area (Å²) in [6.45, 7) is 6.78. The van der Waals surface area contributed by atoms with Crippen LogP contribution in [0.1, 0.15) is 19.8 Å². The van der Waals surface area contributed by atoms with Crippen LogP contribution in [0.3, 0.4) is 0 Å². The van der Waals surface area contributed by atoms with Gasteiger partial charge in [0.15, 0.2) is 0 Å². The molecular weight excluding hydrogens is 253 g/mol. The molecule has 0 amide bonds. The van der Waals surface area contributed by atoms with E-state index in [1.165, 1.54) is 18.9 Å².